The van der Waals surface area contributed by atoms with E-state index in [-0.39, 0.29) is 17.4 Å². The molecule has 2 N–H and O–H groups in total. The maximum Gasteiger partial charge on any atom is 0.267 e. The van der Waals surface area contributed by atoms with Crippen LogP contribution in [-0.2, 0) is 4.79 Å². The van der Waals surface area contributed by atoms with E-state index in [0.717, 1.165) is 42.3 Å². The largest absolute Gasteiger partial charge is 0.479 e. The van der Waals surface area contributed by atoms with E-state index in [9.17, 15) is 10.1 Å². The number of methoxy groups -OCH3 is 1. The Morgan fingerprint density at radius 2 is 2.11 bits per heavy atom. The van der Waals surface area contributed by atoms with Crippen LogP contribution in [0.4, 0.5) is 5.95 Å². The molecule has 4 heterocycles. The Kier molecular flexibility index (Phi) is 5.76. The average molecular weight is 473 g/mol. The van der Waals surface area contributed by atoms with Crippen LogP contribution < -0.4 is 15.4 Å². The summed E-state index contributed by atoms with van der Waals surface area (Å²) in [7, 11) is 3.21. The van der Waals surface area contributed by atoms with Gasteiger partial charge in [-0.05, 0) is 56.9 Å². The third kappa shape index (κ3) is 4.14. The highest BCUT2D eigenvalue weighted by Crippen LogP contribution is 2.36. The Hall–Kier alpha value is -4.13. The smallest absolute Gasteiger partial charge is 0.267 e. The number of nitrogens with one attached hydrogen (secondary N) is 2. The van der Waals surface area contributed by atoms with Crippen molar-refractivity contribution in [3.8, 4) is 11.9 Å². The van der Waals surface area contributed by atoms with E-state index in [1.165, 1.54) is 0 Å². The van der Waals surface area contributed by atoms with Gasteiger partial charge in [-0.2, -0.15) is 10.2 Å². The van der Waals surface area contributed by atoms with Crippen molar-refractivity contribution in [3.05, 3.63) is 48.0 Å². The zero-order valence-electron chi connectivity index (χ0n) is 20.1. The van der Waals surface area contributed by atoms with Crippen molar-refractivity contribution in [3.63, 3.8) is 0 Å². The molecule has 5 rings (SSSR count). The summed E-state index contributed by atoms with van der Waals surface area (Å²) >= 11 is 0. The third-order valence-electron chi connectivity index (χ3n) is 6.86. The monoisotopic (exact) mass is 472 g/mol. The molecule has 180 valence electrons. The van der Waals surface area contributed by atoms with E-state index in [2.05, 4.69) is 31.8 Å². The molecule has 0 bridgehead atoms. The molecule has 0 aromatic carbocycles. The van der Waals surface area contributed by atoms with Gasteiger partial charge in [0.15, 0.2) is 0 Å². The fourth-order valence-electron chi connectivity index (χ4n) is 4.75. The summed E-state index contributed by atoms with van der Waals surface area (Å²) in [6.07, 6.45) is 12.9. The van der Waals surface area contributed by atoms with E-state index in [1.807, 2.05) is 37.5 Å². The van der Waals surface area contributed by atoms with Gasteiger partial charge in [0.1, 0.15) is 17.0 Å². The van der Waals surface area contributed by atoms with E-state index in [0.29, 0.717) is 29.9 Å². The van der Waals surface area contributed by atoms with Crippen LogP contribution in [0, 0.1) is 16.7 Å². The molecule has 0 unspecified atom stereocenters. The van der Waals surface area contributed by atoms with Gasteiger partial charge >= 0.3 is 0 Å². The summed E-state index contributed by atoms with van der Waals surface area (Å²) in [6.45, 7) is 2.49. The number of carbonyl (C=O) groups excluding carboxylic acids is 1. The normalized spacial score (nSPS) is 23.5. The SMILES string of the molecule is CNC(=O)C1=CCN=C2C=CC(c3ccn4nc(NC5CCC(C)(C#N)CC5)nc(OC)c34)=CN12. The number of amides is 1. The fourth-order valence-corrected chi connectivity index (χ4v) is 4.75. The standard InChI is InChI=1S/C25H28N8O2/c1-25(15-26)10-6-17(7-11-25)29-24-30-23(35-3)21-18(9-13-33(21)31-24)16-4-5-20-28-12-8-19(22(34)27-2)32(20)14-16/h4-5,8-9,13-14,17H,6-7,10-12H2,1-3H3,(H,27,34)(H,29,31). The van der Waals surface area contributed by atoms with Gasteiger partial charge in [0.2, 0.25) is 11.8 Å². The lowest BCUT2D eigenvalue weighted by atomic mass is 9.75. The minimum atomic E-state index is -0.247. The van der Waals surface area contributed by atoms with Crippen LogP contribution in [-0.4, -0.2) is 58.0 Å². The summed E-state index contributed by atoms with van der Waals surface area (Å²) in [5.41, 5.74) is 2.79. The summed E-state index contributed by atoms with van der Waals surface area (Å²) in [4.78, 5) is 23.3. The molecule has 2 aliphatic heterocycles. The lowest BCUT2D eigenvalue weighted by Crippen LogP contribution is -2.36. The van der Waals surface area contributed by atoms with Gasteiger partial charge in [0.25, 0.3) is 5.91 Å². The number of rotatable bonds is 5. The van der Waals surface area contributed by atoms with Crippen molar-refractivity contribution in [1.29, 1.82) is 5.26 Å². The van der Waals surface area contributed by atoms with Crippen LogP contribution in [0.15, 0.2) is 47.4 Å². The molecule has 0 radical (unpaired) electrons. The van der Waals surface area contributed by atoms with Crippen molar-refractivity contribution >= 4 is 28.8 Å². The number of ether oxygens (including phenoxy) is 1. The predicted octanol–water partition coefficient (Wildman–Crippen LogP) is 2.88. The van der Waals surface area contributed by atoms with Crippen LogP contribution in [0.3, 0.4) is 0 Å². The van der Waals surface area contributed by atoms with Crippen molar-refractivity contribution in [2.45, 2.75) is 38.6 Å². The number of nitrogens with zero attached hydrogens (tertiary/aromatic N) is 6. The highest BCUT2D eigenvalue weighted by Gasteiger charge is 2.31. The molecule has 0 saturated heterocycles. The number of hydrogen-bond donors (Lipinski definition) is 2. The Labute approximate surface area is 203 Å². The molecular weight excluding hydrogens is 444 g/mol. The molecule has 1 fully saturated rings. The third-order valence-corrected chi connectivity index (χ3v) is 6.86. The van der Waals surface area contributed by atoms with Gasteiger partial charge in [-0.1, -0.05) is 0 Å². The van der Waals surface area contributed by atoms with E-state index in [1.54, 1.807) is 29.6 Å². The number of allylic oxidation sites excluding steroid dienone is 2. The number of likely N-dealkylation sites (N-methyl/N-ethyl adjacent to an activating group) is 1. The van der Waals surface area contributed by atoms with E-state index < -0.39 is 0 Å². The van der Waals surface area contributed by atoms with Crippen LogP contribution in [0.2, 0.25) is 0 Å². The molecule has 1 aliphatic carbocycles. The van der Waals surface area contributed by atoms with Gasteiger partial charge in [0.05, 0.1) is 25.1 Å². The number of aliphatic imine (C=N–C) groups is 1. The molecule has 2 aromatic heterocycles. The predicted molar refractivity (Wildman–Crippen MR) is 133 cm³/mol. The zero-order chi connectivity index (χ0) is 24.6. The summed E-state index contributed by atoms with van der Waals surface area (Å²) in [5, 5.41) is 20.2. The quantitative estimate of drug-likeness (QED) is 0.687. The molecular formula is C25H28N8O2. The number of aromatic nitrogens is 3. The first-order valence-electron chi connectivity index (χ1n) is 11.7. The zero-order valence-corrected chi connectivity index (χ0v) is 20.1. The van der Waals surface area contributed by atoms with Gasteiger partial charge in [-0.15, -0.1) is 5.10 Å². The number of anilines is 1. The van der Waals surface area contributed by atoms with Crippen LogP contribution in [0.1, 0.15) is 38.2 Å². The second-order valence-corrected chi connectivity index (χ2v) is 9.21. The second-order valence-electron chi connectivity index (χ2n) is 9.21. The topological polar surface area (TPSA) is 120 Å². The average Bonchev–Trinajstić information content (AvgIpc) is 3.32. The summed E-state index contributed by atoms with van der Waals surface area (Å²) < 4.78 is 7.42. The molecule has 2 aromatic rings. The molecule has 0 spiro atoms. The maximum absolute atomic E-state index is 12.4. The lowest BCUT2D eigenvalue weighted by molar-refractivity contribution is -0.117. The number of amidine groups is 1. The molecule has 1 saturated carbocycles. The number of fused-ring (bicyclic) bond motifs is 2. The van der Waals surface area contributed by atoms with Crippen molar-refractivity contribution < 1.29 is 9.53 Å². The highest BCUT2D eigenvalue weighted by molar-refractivity contribution is 6.07. The van der Waals surface area contributed by atoms with Crippen LogP contribution in [0.5, 0.6) is 5.88 Å². The number of carbonyl (C=O) groups is 1. The van der Waals surface area contributed by atoms with Gasteiger partial charge in [0, 0.05) is 36.6 Å². The fraction of sp³-hybridized carbons (Fsp3) is 0.400. The second kappa shape index (κ2) is 8.91. The number of nitriles is 1. The summed E-state index contributed by atoms with van der Waals surface area (Å²) in [6, 6.07) is 4.61. The minimum Gasteiger partial charge on any atom is -0.479 e. The Balaban J connectivity index is 1.44. The van der Waals surface area contributed by atoms with Crippen molar-refractivity contribution in [2.24, 2.45) is 10.4 Å². The Bertz CT molecular complexity index is 1340. The first-order chi connectivity index (χ1) is 16.9. The minimum absolute atomic E-state index is 0.167. The first kappa shape index (κ1) is 22.7. The van der Waals surface area contributed by atoms with Crippen LogP contribution in [0.25, 0.3) is 11.1 Å². The molecule has 0 atom stereocenters. The Morgan fingerprint density at radius 3 is 2.83 bits per heavy atom. The Morgan fingerprint density at radius 1 is 1.31 bits per heavy atom. The van der Waals surface area contributed by atoms with E-state index in [4.69, 9.17) is 4.74 Å². The highest BCUT2D eigenvalue weighted by atomic mass is 16.5. The van der Waals surface area contributed by atoms with Crippen molar-refractivity contribution in [2.75, 3.05) is 26.0 Å². The van der Waals surface area contributed by atoms with E-state index >= 15 is 0 Å². The molecule has 1 amide bonds. The lowest BCUT2D eigenvalue weighted by Gasteiger charge is -2.32. The van der Waals surface area contributed by atoms with Gasteiger partial charge < -0.3 is 15.4 Å². The molecule has 10 heteroatoms. The molecule has 35 heavy (non-hydrogen) atoms. The number of hydrogen-bond acceptors (Lipinski definition) is 8. The summed E-state index contributed by atoms with van der Waals surface area (Å²) in [5.74, 6) is 1.49. The first-order valence-corrected chi connectivity index (χ1v) is 11.7. The molecule has 10 nitrogen and oxygen atoms in total. The van der Waals surface area contributed by atoms with Crippen LogP contribution >= 0.6 is 0 Å². The maximum atomic E-state index is 12.4. The van der Waals surface area contributed by atoms with Gasteiger partial charge in [-0.3, -0.25) is 14.7 Å². The van der Waals surface area contributed by atoms with Gasteiger partial charge in [-0.25, -0.2) is 4.52 Å². The van der Waals surface area contributed by atoms with Crippen molar-refractivity contribution in [1.82, 2.24) is 24.8 Å². The molecule has 3 aliphatic rings.